The Hall–Kier alpha value is -3.72. The van der Waals surface area contributed by atoms with Gasteiger partial charge >= 0.3 is 5.97 Å². The Bertz CT molecular complexity index is 1390. The topological polar surface area (TPSA) is 83.6 Å². The minimum atomic E-state index is -0.863. The number of benzene rings is 2. The Balaban J connectivity index is 1.94. The number of ether oxygens (including phenoxy) is 2. The second kappa shape index (κ2) is 7.84. The third-order valence-corrected chi connectivity index (χ3v) is 5.79. The van der Waals surface area contributed by atoms with Crippen molar-refractivity contribution in [2.45, 2.75) is 0 Å². The maximum absolute atomic E-state index is 14.2. The molecular formula is C22H16F2N2O4S. The maximum Gasteiger partial charge on any atom is 0.348 e. The fourth-order valence-corrected chi connectivity index (χ4v) is 4.26. The SMILES string of the molecule is COC(=O)c1cc2c(=O)n(C)cc(-c3cc(N)ccc3Oc3ccc(F)cc3F)c2s1. The summed E-state index contributed by atoms with van der Waals surface area (Å²) < 4.78 is 39.8. The molecule has 0 radical (unpaired) electrons. The maximum atomic E-state index is 14.2. The van der Waals surface area contributed by atoms with Gasteiger partial charge in [-0.15, -0.1) is 11.3 Å². The number of pyridine rings is 1. The molecule has 158 valence electrons. The molecule has 2 heterocycles. The lowest BCUT2D eigenvalue weighted by atomic mass is 10.0. The van der Waals surface area contributed by atoms with Crippen LogP contribution in [0.4, 0.5) is 14.5 Å². The Labute approximate surface area is 179 Å². The van der Waals surface area contributed by atoms with Crippen LogP contribution in [-0.4, -0.2) is 17.6 Å². The zero-order valence-electron chi connectivity index (χ0n) is 16.4. The van der Waals surface area contributed by atoms with Gasteiger partial charge in [0.05, 0.1) is 17.2 Å². The number of halogens is 2. The normalized spacial score (nSPS) is 11.0. The number of aromatic nitrogens is 1. The van der Waals surface area contributed by atoms with Crippen molar-refractivity contribution in [3.05, 3.63) is 75.5 Å². The van der Waals surface area contributed by atoms with E-state index >= 15 is 0 Å². The minimum absolute atomic E-state index is 0.171. The number of rotatable bonds is 4. The third kappa shape index (κ3) is 3.75. The van der Waals surface area contributed by atoms with Crippen molar-refractivity contribution in [3.63, 3.8) is 0 Å². The van der Waals surface area contributed by atoms with Crippen LogP contribution in [0.5, 0.6) is 11.5 Å². The summed E-state index contributed by atoms with van der Waals surface area (Å²) >= 11 is 1.09. The molecule has 0 atom stereocenters. The van der Waals surface area contributed by atoms with Crippen LogP contribution >= 0.6 is 11.3 Å². The fraction of sp³-hybridized carbons (Fsp3) is 0.0909. The quantitative estimate of drug-likeness (QED) is 0.366. The Morgan fingerprint density at radius 3 is 2.52 bits per heavy atom. The zero-order chi connectivity index (χ0) is 22.3. The average Bonchev–Trinajstić information content (AvgIpc) is 3.19. The second-order valence-corrected chi connectivity index (χ2v) is 7.79. The molecule has 2 aromatic carbocycles. The van der Waals surface area contributed by atoms with Gasteiger partial charge in [0.1, 0.15) is 16.4 Å². The number of thiophene rings is 1. The summed E-state index contributed by atoms with van der Waals surface area (Å²) in [5.41, 5.74) is 7.13. The molecular weight excluding hydrogens is 426 g/mol. The molecule has 0 amide bonds. The first-order valence-electron chi connectivity index (χ1n) is 9.02. The highest BCUT2D eigenvalue weighted by Gasteiger charge is 2.20. The summed E-state index contributed by atoms with van der Waals surface area (Å²) in [4.78, 5) is 24.9. The van der Waals surface area contributed by atoms with Crippen LogP contribution in [0.15, 0.2) is 53.5 Å². The van der Waals surface area contributed by atoms with Crippen molar-refractivity contribution < 1.29 is 23.0 Å². The largest absolute Gasteiger partial charge is 0.465 e. The van der Waals surface area contributed by atoms with E-state index in [2.05, 4.69) is 0 Å². The fourth-order valence-electron chi connectivity index (χ4n) is 3.17. The molecule has 0 saturated carbocycles. The summed E-state index contributed by atoms with van der Waals surface area (Å²) in [6, 6.07) is 9.21. The standard InChI is InChI=1S/C22H16F2N2O4S/c1-26-10-15(20-14(21(26)27)9-19(31-20)22(28)29-2)13-8-12(25)4-6-17(13)30-18-5-3-11(23)7-16(18)24/h3-10H,25H2,1-2H3. The van der Waals surface area contributed by atoms with E-state index in [9.17, 15) is 18.4 Å². The lowest BCUT2D eigenvalue weighted by molar-refractivity contribution is 0.0606. The number of nitrogens with zero attached hydrogens (tertiary/aromatic N) is 1. The highest BCUT2D eigenvalue weighted by molar-refractivity contribution is 7.21. The van der Waals surface area contributed by atoms with Gasteiger partial charge < -0.3 is 19.8 Å². The van der Waals surface area contributed by atoms with E-state index in [0.717, 1.165) is 23.5 Å². The summed E-state index contributed by atoms with van der Waals surface area (Å²) in [6.45, 7) is 0. The van der Waals surface area contributed by atoms with Crippen molar-refractivity contribution in [3.8, 4) is 22.6 Å². The van der Waals surface area contributed by atoms with Crippen LogP contribution in [0.2, 0.25) is 0 Å². The van der Waals surface area contributed by atoms with Crippen LogP contribution in [0.25, 0.3) is 21.2 Å². The second-order valence-electron chi connectivity index (χ2n) is 6.74. The lowest BCUT2D eigenvalue weighted by Crippen LogP contribution is -2.15. The van der Waals surface area contributed by atoms with Crippen molar-refractivity contribution >= 4 is 33.1 Å². The number of carbonyl (C=O) groups excluding carboxylic acids is 1. The van der Waals surface area contributed by atoms with Crippen LogP contribution in [0.3, 0.4) is 0 Å². The van der Waals surface area contributed by atoms with Crippen LogP contribution in [0, 0.1) is 11.6 Å². The predicted molar refractivity (Wildman–Crippen MR) is 115 cm³/mol. The molecule has 0 fully saturated rings. The highest BCUT2D eigenvalue weighted by atomic mass is 32.1. The number of nitrogens with two attached hydrogens (primary N) is 1. The number of carbonyl (C=O) groups is 1. The van der Waals surface area contributed by atoms with E-state index in [1.54, 1.807) is 31.4 Å². The number of aryl methyl sites for hydroxylation is 1. The van der Waals surface area contributed by atoms with Gasteiger partial charge in [0.25, 0.3) is 5.56 Å². The monoisotopic (exact) mass is 442 g/mol. The Morgan fingerprint density at radius 2 is 1.81 bits per heavy atom. The van der Waals surface area contributed by atoms with E-state index in [4.69, 9.17) is 15.2 Å². The molecule has 0 saturated heterocycles. The van der Waals surface area contributed by atoms with Gasteiger partial charge in [0, 0.05) is 36.1 Å². The smallest absolute Gasteiger partial charge is 0.348 e. The molecule has 31 heavy (non-hydrogen) atoms. The zero-order valence-corrected chi connectivity index (χ0v) is 17.3. The number of methoxy groups -OCH3 is 1. The molecule has 0 bridgehead atoms. The Kier molecular flexibility index (Phi) is 5.20. The molecule has 4 aromatic rings. The van der Waals surface area contributed by atoms with Gasteiger partial charge in [-0.2, -0.15) is 0 Å². The molecule has 0 spiro atoms. The van der Waals surface area contributed by atoms with Gasteiger partial charge in [-0.3, -0.25) is 4.79 Å². The number of anilines is 1. The van der Waals surface area contributed by atoms with Gasteiger partial charge in [-0.05, 0) is 36.4 Å². The number of hydrogen-bond acceptors (Lipinski definition) is 6. The van der Waals surface area contributed by atoms with Gasteiger partial charge in [-0.1, -0.05) is 0 Å². The van der Waals surface area contributed by atoms with Crippen LogP contribution < -0.4 is 16.0 Å². The molecule has 2 N–H and O–H groups in total. The van der Waals surface area contributed by atoms with Crippen LogP contribution in [-0.2, 0) is 11.8 Å². The number of esters is 1. The minimum Gasteiger partial charge on any atom is -0.465 e. The molecule has 0 aliphatic heterocycles. The van der Waals surface area contributed by atoms with E-state index < -0.39 is 17.6 Å². The Morgan fingerprint density at radius 1 is 1.06 bits per heavy atom. The summed E-state index contributed by atoms with van der Waals surface area (Å²) in [5.74, 6) is -2.08. The van der Waals surface area contributed by atoms with Crippen molar-refractivity contribution in [2.75, 3.05) is 12.8 Å². The summed E-state index contributed by atoms with van der Waals surface area (Å²) in [5, 5.41) is 0.326. The van der Waals surface area contributed by atoms with E-state index in [-0.39, 0.29) is 21.9 Å². The van der Waals surface area contributed by atoms with E-state index in [1.165, 1.54) is 23.8 Å². The highest BCUT2D eigenvalue weighted by Crippen LogP contribution is 2.40. The summed E-state index contributed by atoms with van der Waals surface area (Å²) in [6.07, 6.45) is 1.59. The lowest BCUT2D eigenvalue weighted by Gasteiger charge is -2.14. The van der Waals surface area contributed by atoms with Gasteiger partial charge in [0.15, 0.2) is 11.6 Å². The number of fused-ring (bicyclic) bond motifs is 1. The summed E-state index contributed by atoms with van der Waals surface area (Å²) in [7, 11) is 2.83. The van der Waals surface area contributed by atoms with Gasteiger partial charge in [-0.25, -0.2) is 13.6 Å². The first-order chi connectivity index (χ1) is 14.8. The van der Waals surface area contributed by atoms with Crippen molar-refractivity contribution in [1.29, 1.82) is 0 Å². The molecule has 0 unspecified atom stereocenters. The van der Waals surface area contributed by atoms with Crippen LogP contribution in [0.1, 0.15) is 9.67 Å². The van der Waals surface area contributed by atoms with Crippen molar-refractivity contribution in [1.82, 2.24) is 4.57 Å². The molecule has 6 nitrogen and oxygen atoms in total. The molecule has 4 rings (SSSR count). The predicted octanol–water partition coefficient (Wildman–Crippen LogP) is 4.71. The first kappa shape index (κ1) is 20.5. The van der Waals surface area contributed by atoms with Crippen molar-refractivity contribution in [2.24, 2.45) is 7.05 Å². The molecule has 0 aliphatic carbocycles. The number of hydrogen-bond donors (Lipinski definition) is 1. The first-order valence-corrected chi connectivity index (χ1v) is 9.84. The average molecular weight is 442 g/mol. The molecule has 9 heteroatoms. The molecule has 2 aromatic heterocycles. The third-order valence-electron chi connectivity index (χ3n) is 4.64. The number of nitrogen functional groups attached to an aromatic ring is 1. The van der Waals surface area contributed by atoms with Gasteiger partial charge in [0.2, 0.25) is 0 Å². The van der Waals surface area contributed by atoms with E-state index in [0.29, 0.717) is 26.9 Å². The molecule has 0 aliphatic rings. The van der Waals surface area contributed by atoms with E-state index in [1.807, 2.05) is 0 Å².